The molecule has 4 unspecified atom stereocenters. The average Bonchev–Trinajstić information content (AvgIpc) is 3.31. The van der Waals surface area contributed by atoms with Crippen LogP contribution in [0.5, 0.6) is 0 Å². The molecule has 0 spiro atoms. The molecule has 382 valence electrons. The maximum atomic E-state index is 13.0. The van der Waals surface area contributed by atoms with Crippen LogP contribution in [0.25, 0.3) is 0 Å². The molecule has 0 bridgehead atoms. The summed E-state index contributed by atoms with van der Waals surface area (Å²) in [7, 11) is 0. The number of hydrogen-bond donors (Lipinski definition) is 7. The smallest absolute Gasteiger partial charge is 0.306 e. The number of aliphatic hydroxyl groups is 7. The summed E-state index contributed by atoms with van der Waals surface area (Å²) in [5, 5.41) is 72.0. The van der Waals surface area contributed by atoms with Gasteiger partial charge in [-0.1, -0.05) is 133 Å². The number of aliphatic hydroxyl groups excluding tert-OH is 7. The van der Waals surface area contributed by atoms with Crippen molar-refractivity contribution in [2.24, 2.45) is 0 Å². The van der Waals surface area contributed by atoms with Gasteiger partial charge in [0.1, 0.15) is 55.4 Å². The zero-order valence-electron chi connectivity index (χ0n) is 40.2. The standard InChI is InChI=1S/C51H88O15/c1-3-5-7-9-11-13-15-17-19-21-23-25-27-29-31-33-42(53)61-36-39(64-43(54)34-32-30-28-26-24-22-20-18-16-14-12-10-8-6-4-2)37-62-50-49(60)47(58)45(56)41(66-50)38-63-51-48(59)46(57)44(55)40(35-52)65-51/h9,11-12,14,18,20,24,26,39-41,44-52,55-60H,3-8,10,13,15-17,19,21-23,25,27-38H2,1-2H3/b11-9+,14-12+,20-18+,26-24+/t39-,40-,41-,44+,45+,46?,47?,48?,49?,50-,51-/m1/s1. The van der Waals surface area contributed by atoms with Crippen LogP contribution in [-0.4, -0.2) is 142 Å². The molecule has 0 aromatic rings. The lowest BCUT2D eigenvalue weighted by Gasteiger charge is -2.42. The second-order valence-corrected chi connectivity index (χ2v) is 17.6. The highest BCUT2D eigenvalue weighted by Gasteiger charge is 2.47. The van der Waals surface area contributed by atoms with Gasteiger partial charge in [0.25, 0.3) is 0 Å². The van der Waals surface area contributed by atoms with Gasteiger partial charge in [0.15, 0.2) is 18.7 Å². The average molecular weight is 941 g/mol. The number of carbonyl (C=O) groups excluding carboxylic acids is 2. The molecule has 66 heavy (non-hydrogen) atoms. The van der Waals surface area contributed by atoms with Crippen molar-refractivity contribution in [2.75, 3.05) is 26.4 Å². The number of rotatable bonds is 38. The third-order valence-corrected chi connectivity index (χ3v) is 11.8. The minimum atomic E-state index is -1.77. The van der Waals surface area contributed by atoms with Gasteiger partial charge >= 0.3 is 11.9 Å². The van der Waals surface area contributed by atoms with Crippen LogP contribution >= 0.6 is 0 Å². The fourth-order valence-corrected chi connectivity index (χ4v) is 7.56. The van der Waals surface area contributed by atoms with Gasteiger partial charge in [-0.3, -0.25) is 9.59 Å². The van der Waals surface area contributed by atoms with E-state index in [-0.39, 0.29) is 19.4 Å². The summed E-state index contributed by atoms with van der Waals surface area (Å²) in [5.41, 5.74) is 0. The van der Waals surface area contributed by atoms with Crippen LogP contribution in [0, 0.1) is 0 Å². The molecular formula is C51H88O15. The first-order valence-electron chi connectivity index (χ1n) is 25.2. The lowest BCUT2D eigenvalue weighted by molar-refractivity contribution is -0.332. The van der Waals surface area contributed by atoms with Gasteiger partial charge in [0.2, 0.25) is 0 Å². The topological polar surface area (TPSA) is 231 Å². The van der Waals surface area contributed by atoms with E-state index in [1.165, 1.54) is 70.6 Å². The zero-order chi connectivity index (χ0) is 48.2. The minimum absolute atomic E-state index is 0.115. The molecule has 2 aliphatic heterocycles. The molecule has 2 fully saturated rings. The van der Waals surface area contributed by atoms with Crippen molar-refractivity contribution in [3.63, 3.8) is 0 Å². The van der Waals surface area contributed by atoms with Gasteiger partial charge in [0.05, 0.1) is 19.8 Å². The first-order valence-corrected chi connectivity index (χ1v) is 25.2. The maximum absolute atomic E-state index is 13.0. The Hall–Kier alpha value is -2.54. The fraction of sp³-hybridized carbons (Fsp3) is 0.804. The number of hydrogen-bond acceptors (Lipinski definition) is 15. The molecule has 15 nitrogen and oxygen atoms in total. The molecule has 7 N–H and O–H groups in total. The summed E-state index contributed by atoms with van der Waals surface area (Å²) < 4.78 is 33.5. The lowest BCUT2D eigenvalue weighted by atomic mass is 9.98. The Morgan fingerprint density at radius 3 is 1.52 bits per heavy atom. The summed E-state index contributed by atoms with van der Waals surface area (Å²) in [6, 6.07) is 0. The highest BCUT2D eigenvalue weighted by Crippen LogP contribution is 2.26. The maximum Gasteiger partial charge on any atom is 0.306 e. The molecule has 15 heteroatoms. The normalized spacial score (nSPS) is 26.6. The second kappa shape index (κ2) is 38.3. The van der Waals surface area contributed by atoms with Gasteiger partial charge < -0.3 is 64.2 Å². The number of ether oxygens (including phenoxy) is 6. The van der Waals surface area contributed by atoms with E-state index in [0.29, 0.717) is 12.8 Å². The lowest BCUT2D eigenvalue weighted by Crippen LogP contribution is -2.61. The summed E-state index contributed by atoms with van der Waals surface area (Å²) >= 11 is 0. The Morgan fingerprint density at radius 2 is 0.924 bits per heavy atom. The first kappa shape index (κ1) is 59.6. The van der Waals surface area contributed by atoms with Crippen molar-refractivity contribution in [1.29, 1.82) is 0 Å². The van der Waals surface area contributed by atoms with Crippen LogP contribution < -0.4 is 0 Å². The summed E-state index contributed by atoms with van der Waals surface area (Å²) in [4.78, 5) is 25.7. The Bertz CT molecular complexity index is 1340. The highest BCUT2D eigenvalue weighted by atomic mass is 16.7. The van der Waals surface area contributed by atoms with Crippen molar-refractivity contribution < 1.29 is 73.8 Å². The van der Waals surface area contributed by atoms with Crippen molar-refractivity contribution in [3.8, 4) is 0 Å². The quantitative estimate of drug-likeness (QED) is 0.0194. The molecule has 0 aromatic heterocycles. The van der Waals surface area contributed by atoms with Crippen LogP contribution in [0.3, 0.4) is 0 Å². The predicted octanol–water partition coefficient (Wildman–Crippen LogP) is 6.71. The van der Waals surface area contributed by atoms with Gasteiger partial charge in [-0.25, -0.2) is 0 Å². The van der Waals surface area contributed by atoms with E-state index in [9.17, 15) is 45.3 Å². The molecule has 0 radical (unpaired) electrons. The van der Waals surface area contributed by atoms with E-state index in [2.05, 4.69) is 62.5 Å². The number of unbranched alkanes of at least 4 members (excludes halogenated alkanes) is 16. The summed E-state index contributed by atoms with van der Waals surface area (Å²) in [6.07, 6.45) is 24.3. The molecule has 2 rings (SSSR count). The van der Waals surface area contributed by atoms with Gasteiger partial charge in [-0.2, -0.15) is 0 Å². The minimum Gasteiger partial charge on any atom is -0.462 e. The van der Waals surface area contributed by atoms with Crippen LogP contribution in [0.4, 0.5) is 0 Å². The number of carbonyl (C=O) groups is 2. The molecule has 2 heterocycles. The second-order valence-electron chi connectivity index (χ2n) is 17.6. The van der Waals surface area contributed by atoms with Crippen LogP contribution in [-0.2, 0) is 38.0 Å². The van der Waals surface area contributed by atoms with E-state index in [4.69, 9.17) is 28.4 Å². The van der Waals surface area contributed by atoms with Crippen LogP contribution in [0.15, 0.2) is 48.6 Å². The Morgan fingerprint density at radius 1 is 0.485 bits per heavy atom. The van der Waals surface area contributed by atoms with Crippen molar-refractivity contribution in [1.82, 2.24) is 0 Å². The largest absolute Gasteiger partial charge is 0.462 e. The SMILES string of the molecule is CCCC/C=C/CCCCCCCCCCCC(=O)OC[C@H](CO[C@@H]1O[C@H](CO[C@@H]2O[C@H](CO)[C@H](O)C(O)C2O)[C@H](O)C(O)C1O)OC(=O)CCCC/C=C/C/C=C/C/C=C/CCCCC. The number of allylic oxidation sites excluding steroid dienone is 8. The van der Waals surface area contributed by atoms with E-state index >= 15 is 0 Å². The van der Waals surface area contributed by atoms with Gasteiger partial charge in [-0.05, 0) is 70.6 Å². The highest BCUT2D eigenvalue weighted by molar-refractivity contribution is 5.70. The third-order valence-electron chi connectivity index (χ3n) is 11.8. The fourth-order valence-electron chi connectivity index (χ4n) is 7.56. The zero-order valence-corrected chi connectivity index (χ0v) is 40.2. The van der Waals surface area contributed by atoms with E-state index in [0.717, 1.165) is 57.8 Å². The monoisotopic (exact) mass is 941 g/mol. The Labute approximate surface area is 395 Å². The van der Waals surface area contributed by atoms with Crippen LogP contribution in [0.1, 0.15) is 168 Å². The molecule has 0 saturated carbocycles. The molecule has 2 aliphatic rings. The Kier molecular flexibility index (Phi) is 34.6. The molecule has 2 saturated heterocycles. The van der Waals surface area contributed by atoms with Gasteiger partial charge in [-0.15, -0.1) is 0 Å². The van der Waals surface area contributed by atoms with Crippen molar-refractivity contribution >= 4 is 11.9 Å². The van der Waals surface area contributed by atoms with Crippen molar-refractivity contribution in [3.05, 3.63) is 48.6 Å². The van der Waals surface area contributed by atoms with E-state index < -0.39 is 99.3 Å². The van der Waals surface area contributed by atoms with E-state index in [1.807, 2.05) is 0 Å². The van der Waals surface area contributed by atoms with Gasteiger partial charge in [0, 0.05) is 12.8 Å². The summed E-state index contributed by atoms with van der Waals surface area (Å²) in [5.74, 6) is -0.974. The molecule has 0 aliphatic carbocycles. The van der Waals surface area contributed by atoms with Crippen LogP contribution in [0.2, 0.25) is 0 Å². The third kappa shape index (κ3) is 26.3. The number of esters is 2. The molecule has 0 amide bonds. The predicted molar refractivity (Wildman–Crippen MR) is 252 cm³/mol. The molecule has 0 aromatic carbocycles. The van der Waals surface area contributed by atoms with Crippen molar-refractivity contribution in [2.45, 2.75) is 235 Å². The first-order chi connectivity index (χ1) is 32.0. The Balaban J connectivity index is 1.84. The molecule has 11 atom stereocenters. The summed E-state index contributed by atoms with van der Waals surface area (Å²) in [6.45, 7) is 2.48. The molecular weight excluding hydrogens is 853 g/mol. The van der Waals surface area contributed by atoms with E-state index in [1.54, 1.807) is 0 Å².